The number of hydrogen-bond donors (Lipinski definition) is 2. The first-order valence-corrected chi connectivity index (χ1v) is 8.09. The highest BCUT2D eigenvalue weighted by Crippen LogP contribution is 2.22. The number of primary amides is 1. The predicted molar refractivity (Wildman–Crippen MR) is 88.3 cm³/mol. The van der Waals surface area contributed by atoms with Crippen molar-refractivity contribution in [3.05, 3.63) is 29.3 Å². The summed E-state index contributed by atoms with van der Waals surface area (Å²) in [5, 5.41) is 3.42. The first-order chi connectivity index (χ1) is 11.1. The van der Waals surface area contributed by atoms with Crippen molar-refractivity contribution >= 4 is 23.4 Å². The van der Waals surface area contributed by atoms with Gasteiger partial charge in [0.1, 0.15) is 12.4 Å². The molecule has 1 saturated heterocycles. The zero-order valence-corrected chi connectivity index (χ0v) is 13.7. The predicted octanol–water partition coefficient (Wildman–Crippen LogP) is 1.03. The Morgan fingerprint density at radius 2 is 2.17 bits per heavy atom. The smallest absolute Gasteiger partial charge is 0.231 e. The van der Waals surface area contributed by atoms with Crippen molar-refractivity contribution in [1.29, 1.82) is 0 Å². The van der Waals surface area contributed by atoms with Gasteiger partial charge in [-0.25, -0.2) is 0 Å². The monoisotopic (exact) mass is 339 g/mol. The lowest BCUT2D eigenvalue weighted by Gasteiger charge is -2.30. The van der Waals surface area contributed by atoms with Crippen LogP contribution in [0.3, 0.4) is 0 Å². The molecule has 1 unspecified atom stereocenters. The largest absolute Gasteiger partial charge is 0.490 e. The van der Waals surface area contributed by atoms with E-state index in [1.54, 1.807) is 12.1 Å². The van der Waals surface area contributed by atoms with Crippen LogP contribution in [0.2, 0.25) is 5.02 Å². The van der Waals surface area contributed by atoms with E-state index < -0.39 is 0 Å². The number of amides is 2. The van der Waals surface area contributed by atoms with Crippen molar-refractivity contribution in [1.82, 2.24) is 10.2 Å². The Morgan fingerprint density at radius 3 is 2.91 bits per heavy atom. The van der Waals surface area contributed by atoms with E-state index in [-0.39, 0.29) is 24.3 Å². The minimum Gasteiger partial charge on any atom is -0.490 e. The number of nitrogens with zero attached hydrogens (tertiary/aromatic N) is 1. The summed E-state index contributed by atoms with van der Waals surface area (Å²) in [5.74, 6) is 0.123. The average molecular weight is 340 g/mol. The van der Waals surface area contributed by atoms with Gasteiger partial charge in [-0.2, -0.15) is 0 Å². The van der Waals surface area contributed by atoms with Crippen molar-refractivity contribution in [3.63, 3.8) is 0 Å². The minimum absolute atomic E-state index is 0.0121. The Bertz CT molecular complexity index is 553. The van der Waals surface area contributed by atoms with E-state index in [0.717, 1.165) is 19.4 Å². The van der Waals surface area contributed by atoms with Crippen molar-refractivity contribution in [3.8, 4) is 5.75 Å². The fourth-order valence-electron chi connectivity index (χ4n) is 2.67. The molecular formula is C16H22ClN3O3. The topological polar surface area (TPSA) is 84.7 Å². The van der Waals surface area contributed by atoms with E-state index in [1.165, 1.54) is 0 Å². The Morgan fingerprint density at radius 1 is 1.39 bits per heavy atom. The van der Waals surface area contributed by atoms with Crippen LogP contribution < -0.4 is 15.8 Å². The first kappa shape index (κ1) is 17.6. The summed E-state index contributed by atoms with van der Waals surface area (Å²) >= 11 is 5.99. The van der Waals surface area contributed by atoms with Gasteiger partial charge in [-0.15, -0.1) is 0 Å². The molecule has 1 heterocycles. The van der Waals surface area contributed by atoms with Gasteiger partial charge in [-0.3, -0.25) is 14.5 Å². The summed E-state index contributed by atoms with van der Waals surface area (Å²) in [7, 11) is 0. The zero-order valence-electron chi connectivity index (χ0n) is 13.0. The van der Waals surface area contributed by atoms with Gasteiger partial charge < -0.3 is 15.8 Å². The number of carbonyl (C=O) groups is 2. The van der Waals surface area contributed by atoms with Crippen molar-refractivity contribution in [2.75, 3.05) is 32.8 Å². The van der Waals surface area contributed by atoms with Crippen LogP contribution in [-0.2, 0) is 9.59 Å². The van der Waals surface area contributed by atoms with Crippen LogP contribution in [0.4, 0.5) is 0 Å². The van der Waals surface area contributed by atoms with Gasteiger partial charge in [0.25, 0.3) is 0 Å². The second-order valence-corrected chi connectivity index (χ2v) is 6.02. The maximum atomic E-state index is 12.2. The molecule has 3 N–H and O–H groups in total. The second-order valence-electron chi connectivity index (χ2n) is 5.61. The van der Waals surface area contributed by atoms with E-state index in [9.17, 15) is 9.59 Å². The SMILES string of the molecule is NC(=O)CN1CCCC(C(=O)NCCOc2ccccc2Cl)C1. The van der Waals surface area contributed by atoms with Gasteiger partial charge in [0, 0.05) is 6.54 Å². The van der Waals surface area contributed by atoms with Crippen LogP contribution >= 0.6 is 11.6 Å². The van der Waals surface area contributed by atoms with E-state index in [4.69, 9.17) is 22.1 Å². The third-order valence-electron chi connectivity index (χ3n) is 3.75. The van der Waals surface area contributed by atoms with Crippen LogP contribution in [0.15, 0.2) is 24.3 Å². The molecule has 2 rings (SSSR count). The maximum absolute atomic E-state index is 12.2. The summed E-state index contributed by atoms with van der Waals surface area (Å²) in [4.78, 5) is 25.1. The summed E-state index contributed by atoms with van der Waals surface area (Å²) in [6.07, 6.45) is 1.72. The lowest BCUT2D eigenvalue weighted by atomic mass is 9.97. The van der Waals surface area contributed by atoms with Gasteiger partial charge in [-0.05, 0) is 31.5 Å². The highest BCUT2D eigenvalue weighted by molar-refractivity contribution is 6.32. The summed E-state index contributed by atoms with van der Waals surface area (Å²) in [6, 6.07) is 7.21. The number of hydrogen-bond acceptors (Lipinski definition) is 4. The molecule has 1 atom stereocenters. The summed E-state index contributed by atoms with van der Waals surface area (Å²) < 4.78 is 5.53. The zero-order chi connectivity index (χ0) is 16.7. The number of rotatable bonds is 7. The fourth-order valence-corrected chi connectivity index (χ4v) is 2.87. The van der Waals surface area contributed by atoms with Crippen LogP contribution in [0.25, 0.3) is 0 Å². The molecule has 1 aliphatic rings. The van der Waals surface area contributed by atoms with Gasteiger partial charge in [0.05, 0.1) is 24.0 Å². The molecule has 0 bridgehead atoms. The van der Waals surface area contributed by atoms with Crippen LogP contribution in [0.5, 0.6) is 5.75 Å². The number of ether oxygens (including phenoxy) is 1. The van der Waals surface area contributed by atoms with Crippen LogP contribution in [0, 0.1) is 5.92 Å². The van der Waals surface area contributed by atoms with Gasteiger partial charge >= 0.3 is 0 Å². The number of para-hydroxylation sites is 1. The molecular weight excluding hydrogens is 318 g/mol. The van der Waals surface area contributed by atoms with Crippen molar-refractivity contribution in [2.24, 2.45) is 11.7 Å². The van der Waals surface area contributed by atoms with Gasteiger partial charge in [0.15, 0.2) is 0 Å². The molecule has 0 saturated carbocycles. The van der Waals surface area contributed by atoms with E-state index in [1.807, 2.05) is 17.0 Å². The molecule has 1 aliphatic heterocycles. The Labute approximate surface area is 140 Å². The molecule has 0 aliphatic carbocycles. The lowest BCUT2D eigenvalue weighted by Crippen LogP contribution is -2.46. The number of nitrogens with two attached hydrogens (primary N) is 1. The molecule has 0 aromatic heterocycles. The number of halogens is 1. The van der Waals surface area contributed by atoms with Gasteiger partial charge in [-0.1, -0.05) is 23.7 Å². The normalized spacial score (nSPS) is 18.4. The van der Waals surface area contributed by atoms with Crippen LogP contribution in [0.1, 0.15) is 12.8 Å². The molecule has 1 aromatic rings. The average Bonchev–Trinajstić information content (AvgIpc) is 2.52. The minimum atomic E-state index is -0.362. The molecule has 7 heteroatoms. The van der Waals surface area contributed by atoms with Crippen molar-refractivity contribution in [2.45, 2.75) is 12.8 Å². The number of piperidine rings is 1. The molecule has 1 fully saturated rings. The molecule has 6 nitrogen and oxygen atoms in total. The highest BCUT2D eigenvalue weighted by Gasteiger charge is 2.26. The Hall–Kier alpha value is -1.79. The Balaban J connectivity index is 1.70. The molecule has 2 amide bonds. The third kappa shape index (κ3) is 5.73. The summed E-state index contributed by atoms with van der Waals surface area (Å²) in [5.41, 5.74) is 5.20. The number of likely N-dealkylation sites (tertiary alicyclic amines) is 1. The molecule has 23 heavy (non-hydrogen) atoms. The van der Waals surface area contributed by atoms with E-state index >= 15 is 0 Å². The maximum Gasteiger partial charge on any atom is 0.231 e. The van der Waals surface area contributed by atoms with Gasteiger partial charge in [0.2, 0.25) is 11.8 Å². The quantitative estimate of drug-likeness (QED) is 0.727. The number of nitrogens with one attached hydrogen (secondary N) is 1. The highest BCUT2D eigenvalue weighted by atomic mass is 35.5. The molecule has 0 spiro atoms. The molecule has 1 aromatic carbocycles. The molecule has 126 valence electrons. The third-order valence-corrected chi connectivity index (χ3v) is 4.06. The van der Waals surface area contributed by atoms with Crippen molar-refractivity contribution < 1.29 is 14.3 Å². The fraction of sp³-hybridized carbons (Fsp3) is 0.500. The number of carbonyl (C=O) groups excluding carboxylic acids is 2. The molecule has 0 radical (unpaired) electrons. The lowest BCUT2D eigenvalue weighted by molar-refractivity contribution is -0.128. The second kappa shape index (κ2) is 8.74. The number of benzene rings is 1. The van der Waals surface area contributed by atoms with Crippen LogP contribution in [-0.4, -0.2) is 49.5 Å². The summed E-state index contributed by atoms with van der Waals surface area (Å²) in [6.45, 7) is 2.35. The first-order valence-electron chi connectivity index (χ1n) is 7.72. The Kier molecular flexibility index (Phi) is 6.67. The van der Waals surface area contributed by atoms with E-state index in [2.05, 4.69) is 5.32 Å². The van der Waals surface area contributed by atoms with E-state index in [0.29, 0.717) is 30.5 Å². The standard InChI is InChI=1S/C16H22ClN3O3/c17-13-5-1-2-6-14(13)23-9-7-19-16(22)12-4-3-8-20(10-12)11-15(18)21/h1-2,5-6,12H,3-4,7-11H2,(H2,18,21)(H,19,22).